The Labute approximate surface area is 170 Å². The minimum Gasteiger partial charge on any atom is -0.478 e. The highest BCUT2D eigenvalue weighted by atomic mass is 19.4. The number of rotatable bonds is 7. The molecule has 0 amide bonds. The molecule has 0 radical (unpaired) electrons. The molecule has 3 aromatic rings. The number of carboxylic acid groups (broad SMARTS) is 1. The molecular formula is C22H17F3N2O3. The molecule has 5 nitrogen and oxygen atoms in total. The van der Waals surface area contributed by atoms with Crippen LogP contribution in [0.15, 0.2) is 85.2 Å². The summed E-state index contributed by atoms with van der Waals surface area (Å²) >= 11 is 0. The number of anilines is 2. The fourth-order valence-electron chi connectivity index (χ4n) is 2.56. The van der Waals surface area contributed by atoms with Gasteiger partial charge in [-0.25, -0.2) is 4.79 Å². The molecule has 0 fully saturated rings. The van der Waals surface area contributed by atoms with E-state index in [1.54, 1.807) is 36.4 Å². The van der Waals surface area contributed by atoms with Crippen LogP contribution in [0.25, 0.3) is 0 Å². The van der Waals surface area contributed by atoms with Crippen molar-refractivity contribution in [3.63, 3.8) is 0 Å². The normalized spacial score (nSPS) is 10.9. The fraction of sp³-hybridized carbons (Fsp3) is 0.0455. The molecule has 3 N–H and O–H groups in total. The first kappa shape index (κ1) is 20.8. The van der Waals surface area contributed by atoms with Crippen molar-refractivity contribution in [1.29, 1.82) is 0 Å². The van der Waals surface area contributed by atoms with Crippen molar-refractivity contribution in [1.82, 2.24) is 0 Å². The number of ether oxygens (including phenoxy) is 1. The van der Waals surface area contributed by atoms with E-state index in [4.69, 9.17) is 9.84 Å². The van der Waals surface area contributed by atoms with Crippen LogP contribution in [0.1, 0.15) is 15.9 Å². The lowest BCUT2D eigenvalue weighted by Gasteiger charge is -2.14. The summed E-state index contributed by atoms with van der Waals surface area (Å²) in [5.41, 5.74) is 0.516. The van der Waals surface area contributed by atoms with E-state index >= 15 is 0 Å². The summed E-state index contributed by atoms with van der Waals surface area (Å²) in [6.45, 7) is 3.82. The van der Waals surface area contributed by atoms with Crippen LogP contribution in [-0.2, 0) is 6.18 Å². The minimum absolute atomic E-state index is 0.156. The first-order chi connectivity index (χ1) is 14.2. The smallest absolute Gasteiger partial charge is 0.416 e. The maximum atomic E-state index is 12.6. The summed E-state index contributed by atoms with van der Waals surface area (Å²) < 4.78 is 43.6. The number of carboxylic acids is 1. The average molecular weight is 414 g/mol. The van der Waals surface area contributed by atoms with Crippen molar-refractivity contribution in [2.45, 2.75) is 6.18 Å². The summed E-state index contributed by atoms with van der Waals surface area (Å²) in [6, 6.07) is 17.5. The number of hydrogen-bond acceptors (Lipinski definition) is 4. The topological polar surface area (TPSA) is 70.6 Å². The highest BCUT2D eigenvalue weighted by Gasteiger charge is 2.29. The standard InChI is InChI=1S/C22H17F3N2O3/c1-14(26-17-9-7-16(8-10-17)22(23,24)25)27-18-3-2-4-20(13-18)30-19-11-5-15(6-12-19)21(28)29/h2-13,26-27H,1H2,(H,28,29). The van der Waals surface area contributed by atoms with Gasteiger partial charge in [0.05, 0.1) is 11.1 Å². The number of aromatic carboxylic acids is 1. The molecule has 0 unspecified atom stereocenters. The summed E-state index contributed by atoms with van der Waals surface area (Å²) in [5.74, 6) is 0.314. The fourth-order valence-corrected chi connectivity index (χ4v) is 2.56. The van der Waals surface area contributed by atoms with Gasteiger partial charge in [-0.3, -0.25) is 0 Å². The van der Waals surface area contributed by atoms with Crippen molar-refractivity contribution < 1.29 is 27.8 Å². The Hall–Kier alpha value is -3.94. The molecule has 0 aliphatic carbocycles. The molecule has 0 saturated heterocycles. The third kappa shape index (κ3) is 5.54. The van der Waals surface area contributed by atoms with E-state index in [-0.39, 0.29) is 5.56 Å². The summed E-state index contributed by atoms with van der Waals surface area (Å²) in [7, 11) is 0. The van der Waals surface area contributed by atoms with Crippen LogP contribution in [0.3, 0.4) is 0 Å². The quantitative estimate of drug-likeness (QED) is 0.430. The lowest BCUT2D eigenvalue weighted by Crippen LogP contribution is -2.09. The summed E-state index contributed by atoms with van der Waals surface area (Å²) in [6.07, 6.45) is -4.39. The van der Waals surface area contributed by atoms with Gasteiger partial charge in [-0.1, -0.05) is 12.6 Å². The number of carbonyl (C=O) groups is 1. The largest absolute Gasteiger partial charge is 0.478 e. The van der Waals surface area contributed by atoms with Crippen LogP contribution >= 0.6 is 0 Å². The second kappa shape index (κ2) is 8.60. The first-order valence-electron chi connectivity index (χ1n) is 8.72. The van der Waals surface area contributed by atoms with Crippen LogP contribution in [0.4, 0.5) is 24.5 Å². The zero-order valence-electron chi connectivity index (χ0n) is 15.5. The van der Waals surface area contributed by atoms with Crippen LogP contribution in [0.2, 0.25) is 0 Å². The second-order valence-electron chi connectivity index (χ2n) is 6.26. The minimum atomic E-state index is -4.39. The lowest BCUT2D eigenvalue weighted by molar-refractivity contribution is -0.137. The zero-order valence-corrected chi connectivity index (χ0v) is 15.5. The highest BCUT2D eigenvalue weighted by molar-refractivity contribution is 5.87. The van der Waals surface area contributed by atoms with Gasteiger partial charge in [0.1, 0.15) is 17.3 Å². The van der Waals surface area contributed by atoms with Gasteiger partial charge >= 0.3 is 12.1 Å². The molecule has 3 aromatic carbocycles. The Bertz CT molecular complexity index is 1050. The van der Waals surface area contributed by atoms with Crippen molar-refractivity contribution in [3.8, 4) is 11.5 Å². The molecule has 0 spiro atoms. The Kier molecular flexibility index (Phi) is 5.96. The Morgan fingerprint density at radius 2 is 1.50 bits per heavy atom. The predicted octanol–water partition coefficient (Wildman–Crippen LogP) is 6.19. The molecule has 0 saturated carbocycles. The van der Waals surface area contributed by atoms with E-state index in [0.717, 1.165) is 12.1 Å². The van der Waals surface area contributed by atoms with Gasteiger partial charge in [0.25, 0.3) is 0 Å². The Morgan fingerprint density at radius 3 is 2.10 bits per heavy atom. The van der Waals surface area contributed by atoms with Crippen molar-refractivity contribution in [2.75, 3.05) is 10.6 Å². The van der Waals surface area contributed by atoms with Crippen LogP contribution in [-0.4, -0.2) is 11.1 Å². The summed E-state index contributed by atoms with van der Waals surface area (Å²) in [5, 5.41) is 14.8. The van der Waals surface area contributed by atoms with Crippen molar-refractivity contribution >= 4 is 17.3 Å². The predicted molar refractivity (Wildman–Crippen MR) is 108 cm³/mol. The number of benzene rings is 3. The third-order valence-corrected chi connectivity index (χ3v) is 3.97. The van der Waals surface area contributed by atoms with Crippen LogP contribution in [0, 0.1) is 0 Å². The molecule has 8 heteroatoms. The molecule has 0 heterocycles. The molecule has 3 rings (SSSR count). The van der Waals surface area contributed by atoms with E-state index in [1.807, 2.05) is 0 Å². The van der Waals surface area contributed by atoms with E-state index < -0.39 is 17.7 Å². The van der Waals surface area contributed by atoms with Gasteiger partial charge in [-0.2, -0.15) is 13.2 Å². The SMILES string of the molecule is C=C(Nc1ccc(C(F)(F)F)cc1)Nc1cccc(Oc2ccc(C(=O)O)cc2)c1. The van der Waals surface area contributed by atoms with Crippen LogP contribution < -0.4 is 15.4 Å². The maximum Gasteiger partial charge on any atom is 0.416 e. The van der Waals surface area contributed by atoms with Gasteiger partial charge in [-0.05, 0) is 60.7 Å². The number of alkyl halides is 3. The Morgan fingerprint density at radius 1 is 0.867 bits per heavy atom. The Balaban J connectivity index is 1.61. The molecule has 0 aromatic heterocycles. The van der Waals surface area contributed by atoms with Crippen molar-refractivity contribution in [2.24, 2.45) is 0 Å². The highest BCUT2D eigenvalue weighted by Crippen LogP contribution is 2.30. The molecule has 0 bridgehead atoms. The van der Waals surface area contributed by atoms with Gasteiger partial charge in [0.15, 0.2) is 0 Å². The number of hydrogen-bond donors (Lipinski definition) is 3. The molecule has 154 valence electrons. The number of halogens is 3. The molecule has 0 aliphatic rings. The summed E-state index contributed by atoms with van der Waals surface area (Å²) in [4.78, 5) is 10.9. The van der Waals surface area contributed by atoms with Crippen molar-refractivity contribution in [3.05, 3.63) is 96.3 Å². The van der Waals surface area contributed by atoms with Gasteiger partial charge in [0.2, 0.25) is 0 Å². The van der Waals surface area contributed by atoms with Gasteiger partial charge in [0, 0.05) is 17.4 Å². The third-order valence-electron chi connectivity index (χ3n) is 3.97. The molecular weight excluding hydrogens is 397 g/mol. The van der Waals surface area contributed by atoms with E-state index in [2.05, 4.69) is 17.2 Å². The van der Waals surface area contributed by atoms with Crippen LogP contribution in [0.5, 0.6) is 11.5 Å². The lowest BCUT2D eigenvalue weighted by atomic mass is 10.2. The zero-order chi connectivity index (χ0) is 21.7. The van der Waals surface area contributed by atoms with E-state index in [1.165, 1.54) is 24.3 Å². The molecule has 0 atom stereocenters. The molecule has 30 heavy (non-hydrogen) atoms. The number of nitrogens with one attached hydrogen (secondary N) is 2. The van der Waals surface area contributed by atoms with Gasteiger partial charge < -0.3 is 20.5 Å². The molecule has 0 aliphatic heterocycles. The first-order valence-corrected chi connectivity index (χ1v) is 8.72. The average Bonchev–Trinajstić information content (AvgIpc) is 2.68. The van der Waals surface area contributed by atoms with E-state index in [0.29, 0.717) is 28.7 Å². The maximum absolute atomic E-state index is 12.6. The monoisotopic (exact) mass is 414 g/mol. The van der Waals surface area contributed by atoms with E-state index in [9.17, 15) is 18.0 Å². The van der Waals surface area contributed by atoms with Gasteiger partial charge in [-0.15, -0.1) is 0 Å². The second-order valence-corrected chi connectivity index (χ2v) is 6.26.